The number of imidazole rings is 1. The average Bonchev–Trinajstić information content (AvgIpc) is 3.53. The third kappa shape index (κ3) is 3.86. The molecule has 1 unspecified atom stereocenters. The van der Waals surface area contributed by atoms with Crippen LogP contribution in [0.15, 0.2) is 71.3 Å². The summed E-state index contributed by atoms with van der Waals surface area (Å²) in [6, 6.07) is 12.6. The predicted molar refractivity (Wildman–Crippen MR) is 143 cm³/mol. The molecule has 7 rings (SSSR count). The standard InChI is InChI=1S/C27H23FN4O3S2/c1-17-11-31(16-29-17)22-7-4-19(21-8-9-36-25(21)22)10-24-26-30-34-12-23(18-2-5-20(28)6-3-18)32(26)13-27(35-24)14-37(33)15-27/h2-11,16,23H,12-15H2,1H3. The Morgan fingerprint density at radius 2 is 2.03 bits per heavy atom. The second kappa shape index (κ2) is 8.53. The highest BCUT2D eigenvalue weighted by Gasteiger charge is 2.53. The molecule has 0 amide bonds. The summed E-state index contributed by atoms with van der Waals surface area (Å²) in [4.78, 5) is 12.2. The minimum Gasteiger partial charge on any atom is -0.479 e. The number of nitrogens with zero attached hydrogens (tertiary/aromatic N) is 4. The lowest BCUT2D eigenvalue weighted by Gasteiger charge is -2.51. The molecule has 37 heavy (non-hydrogen) atoms. The summed E-state index contributed by atoms with van der Waals surface area (Å²) < 4.78 is 35.5. The van der Waals surface area contributed by atoms with Crippen LogP contribution in [0.2, 0.25) is 0 Å². The first-order valence-corrected chi connectivity index (χ1v) is 14.3. The van der Waals surface area contributed by atoms with E-state index in [0.717, 1.165) is 32.6 Å². The Hall–Kier alpha value is -3.50. The molecule has 0 aliphatic carbocycles. The van der Waals surface area contributed by atoms with Crippen molar-refractivity contribution in [3.63, 3.8) is 0 Å². The van der Waals surface area contributed by atoms with Gasteiger partial charge in [0.25, 0.3) is 0 Å². The van der Waals surface area contributed by atoms with Gasteiger partial charge < -0.3 is 19.0 Å². The van der Waals surface area contributed by atoms with Crippen molar-refractivity contribution in [1.82, 2.24) is 14.5 Å². The monoisotopic (exact) mass is 534 g/mol. The Morgan fingerprint density at radius 3 is 2.78 bits per heavy atom. The minimum absolute atomic E-state index is 0.153. The van der Waals surface area contributed by atoms with Gasteiger partial charge in [-0.2, -0.15) is 0 Å². The van der Waals surface area contributed by atoms with Gasteiger partial charge in [-0.1, -0.05) is 23.4 Å². The molecule has 0 saturated carbocycles. The highest BCUT2D eigenvalue weighted by Crippen LogP contribution is 2.41. The number of aryl methyl sites for hydroxylation is 1. The van der Waals surface area contributed by atoms with Gasteiger partial charge in [-0.25, -0.2) is 9.37 Å². The maximum absolute atomic E-state index is 13.6. The third-order valence-electron chi connectivity index (χ3n) is 7.05. The molecule has 0 radical (unpaired) electrons. The van der Waals surface area contributed by atoms with Gasteiger partial charge in [0.15, 0.2) is 5.76 Å². The average molecular weight is 535 g/mol. The number of fused-ring (bicyclic) bond motifs is 2. The number of hydrogen-bond donors (Lipinski definition) is 0. The van der Waals surface area contributed by atoms with Crippen molar-refractivity contribution < 1.29 is 18.2 Å². The van der Waals surface area contributed by atoms with Gasteiger partial charge in [0, 0.05) is 22.4 Å². The van der Waals surface area contributed by atoms with Gasteiger partial charge >= 0.3 is 0 Å². The molecule has 2 aromatic carbocycles. The number of amidine groups is 1. The topological polar surface area (TPSA) is 68.9 Å². The SMILES string of the molecule is Cc1cn(-c2ccc(C=C3OC4(CN5C3=NOCC5c3ccc(F)cc3)CS(=O)C4)c3ccsc23)cn1. The normalized spacial score (nSPS) is 25.9. The molecule has 3 aliphatic heterocycles. The summed E-state index contributed by atoms with van der Waals surface area (Å²) >= 11 is 1.68. The summed E-state index contributed by atoms with van der Waals surface area (Å²) in [6.45, 7) is 2.87. The van der Waals surface area contributed by atoms with E-state index >= 15 is 0 Å². The summed E-state index contributed by atoms with van der Waals surface area (Å²) in [6.07, 6.45) is 5.84. The van der Waals surface area contributed by atoms with Crippen molar-refractivity contribution in [2.24, 2.45) is 5.16 Å². The van der Waals surface area contributed by atoms with Crippen LogP contribution in [0.4, 0.5) is 4.39 Å². The molecular weight excluding hydrogens is 511 g/mol. The number of hydrogen-bond acceptors (Lipinski definition) is 7. The fourth-order valence-corrected chi connectivity index (χ4v) is 7.63. The number of rotatable bonds is 3. The van der Waals surface area contributed by atoms with E-state index in [-0.39, 0.29) is 11.9 Å². The van der Waals surface area contributed by atoms with Crippen molar-refractivity contribution in [2.45, 2.75) is 18.6 Å². The van der Waals surface area contributed by atoms with Gasteiger partial charge in [-0.15, -0.1) is 11.3 Å². The molecular formula is C27H23FN4O3S2. The molecule has 10 heteroatoms. The smallest absolute Gasteiger partial charge is 0.211 e. The first-order valence-electron chi connectivity index (χ1n) is 12.0. The zero-order chi connectivity index (χ0) is 25.1. The molecule has 2 saturated heterocycles. The van der Waals surface area contributed by atoms with Crippen LogP contribution in [-0.4, -0.2) is 54.8 Å². The van der Waals surface area contributed by atoms with E-state index in [4.69, 9.17) is 9.57 Å². The molecule has 2 aromatic heterocycles. The number of halogens is 1. The summed E-state index contributed by atoms with van der Waals surface area (Å²) in [7, 11) is -0.906. The van der Waals surface area contributed by atoms with Crippen LogP contribution in [0.3, 0.4) is 0 Å². The highest BCUT2D eigenvalue weighted by molar-refractivity contribution is 7.86. The van der Waals surface area contributed by atoms with Crippen LogP contribution >= 0.6 is 11.3 Å². The van der Waals surface area contributed by atoms with Crippen LogP contribution in [-0.2, 0) is 20.4 Å². The fraction of sp³-hybridized carbons (Fsp3) is 0.259. The third-order valence-corrected chi connectivity index (χ3v) is 9.68. The number of ether oxygens (including phenoxy) is 1. The number of aromatic nitrogens is 2. The molecule has 1 spiro atoms. The van der Waals surface area contributed by atoms with Crippen LogP contribution in [0.5, 0.6) is 0 Å². The van der Waals surface area contributed by atoms with Crippen LogP contribution in [0.25, 0.3) is 21.8 Å². The predicted octanol–water partition coefficient (Wildman–Crippen LogP) is 4.79. The second-order valence-corrected chi connectivity index (χ2v) is 12.1. The Kier molecular flexibility index (Phi) is 5.23. The van der Waals surface area contributed by atoms with Crippen molar-refractivity contribution in [3.8, 4) is 5.69 Å². The largest absolute Gasteiger partial charge is 0.479 e. The highest BCUT2D eigenvalue weighted by atomic mass is 32.2. The summed E-state index contributed by atoms with van der Waals surface area (Å²) in [5, 5.41) is 7.57. The van der Waals surface area contributed by atoms with Crippen molar-refractivity contribution in [2.75, 3.05) is 24.7 Å². The van der Waals surface area contributed by atoms with E-state index in [2.05, 4.69) is 38.6 Å². The van der Waals surface area contributed by atoms with Gasteiger partial charge in [0.05, 0.1) is 46.5 Å². The van der Waals surface area contributed by atoms with Crippen LogP contribution in [0, 0.1) is 12.7 Å². The minimum atomic E-state index is -0.906. The van der Waals surface area contributed by atoms with Crippen molar-refractivity contribution in [1.29, 1.82) is 0 Å². The Bertz CT molecular complexity index is 1600. The molecule has 4 aromatic rings. The first kappa shape index (κ1) is 22.7. The zero-order valence-electron chi connectivity index (χ0n) is 20.0. The quantitative estimate of drug-likeness (QED) is 0.378. The Labute approximate surface area is 219 Å². The van der Waals surface area contributed by atoms with E-state index in [1.54, 1.807) is 23.5 Å². The van der Waals surface area contributed by atoms with E-state index in [9.17, 15) is 8.60 Å². The maximum Gasteiger partial charge on any atom is 0.211 e. The Morgan fingerprint density at radius 1 is 1.19 bits per heavy atom. The fourth-order valence-electron chi connectivity index (χ4n) is 5.29. The van der Waals surface area contributed by atoms with E-state index in [1.807, 2.05) is 30.1 Å². The van der Waals surface area contributed by atoms with Gasteiger partial charge in [-0.05, 0) is 53.8 Å². The van der Waals surface area contributed by atoms with E-state index in [0.29, 0.717) is 36.3 Å². The molecule has 7 nitrogen and oxygen atoms in total. The van der Waals surface area contributed by atoms with Crippen molar-refractivity contribution >= 4 is 44.1 Å². The molecule has 0 bridgehead atoms. The second-order valence-electron chi connectivity index (χ2n) is 9.69. The molecule has 1 atom stereocenters. The summed E-state index contributed by atoms with van der Waals surface area (Å²) in [5.74, 6) is 1.85. The number of morpholine rings is 1. The number of benzene rings is 2. The molecule has 3 aliphatic rings. The van der Waals surface area contributed by atoms with Gasteiger partial charge in [0.2, 0.25) is 5.84 Å². The maximum atomic E-state index is 13.6. The van der Waals surface area contributed by atoms with E-state index < -0.39 is 16.4 Å². The zero-order valence-corrected chi connectivity index (χ0v) is 21.6. The lowest BCUT2D eigenvalue weighted by atomic mass is 9.98. The van der Waals surface area contributed by atoms with E-state index in [1.165, 1.54) is 12.1 Å². The summed E-state index contributed by atoms with van der Waals surface area (Å²) in [5.41, 5.74) is 3.41. The first-order chi connectivity index (χ1) is 18.0. The van der Waals surface area contributed by atoms with Gasteiger partial charge in [0.1, 0.15) is 18.0 Å². The van der Waals surface area contributed by atoms with Crippen LogP contribution in [0.1, 0.15) is 22.9 Å². The van der Waals surface area contributed by atoms with Gasteiger partial charge in [-0.3, -0.25) is 4.21 Å². The molecule has 0 N–H and O–H groups in total. The molecule has 188 valence electrons. The van der Waals surface area contributed by atoms with Crippen molar-refractivity contribution in [3.05, 3.63) is 88.8 Å². The number of oxime groups is 1. The lowest BCUT2D eigenvalue weighted by molar-refractivity contribution is -0.0370. The van der Waals surface area contributed by atoms with Crippen LogP contribution < -0.4 is 0 Å². The molecule has 2 fully saturated rings. The lowest BCUT2D eigenvalue weighted by Crippen LogP contribution is -2.65. The Balaban J connectivity index is 1.31. The molecule has 5 heterocycles. The number of thiophene rings is 1.